The predicted molar refractivity (Wildman–Crippen MR) is 118 cm³/mol. The van der Waals surface area contributed by atoms with Gasteiger partial charge < -0.3 is 15.0 Å². The van der Waals surface area contributed by atoms with Crippen molar-refractivity contribution in [2.75, 3.05) is 38.1 Å². The molecule has 1 fully saturated rings. The number of rotatable bonds is 8. The van der Waals surface area contributed by atoms with Gasteiger partial charge in [-0.05, 0) is 55.3 Å². The van der Waals surface area contributed by atoms with Crippen LogP contribution in [-0.4, -0.2) is 58.9 Å². The number of hydrogen-bond acceptors (Lipinski definition) is 5. The molecular formula is C22H27N3O5S. The minimum absolute atomic E-state index is 0.109. The lowest BCUT2D eigenvalue weighted by atomic mass is 10.1. The molecule has 0 radical (unpaired) electrons. The van der Waals surface area contributed by atoms with Gasteiger partial charge in [-0.2, -0.15) is 0 Å². The quantitative estimate of drug-likeness (QED) is 0.672. The number of benzene rings is 2. The lowest BCUT2D eigenvalue weighted by molar-refractivity contribution is -0.127. The Labute approximate surface area is 182 Å². The molecular weight excluding hydrogens is 418 g/mol. The van der Waals surface area contributed by atoms with Crippen molar-refractivity contribution in [3.63, 3.8) is 0 Å². The number of ether oxygens (including phenoxy) is 1. The van der Waals surface area contributed by atoms with Crippen LogP contribution in [0.3, 0.4) is 0 Å². The Kier molecular flexibility index (Phi) is 6.84. The number of amides is 2. The average Bonchev–Trinajstić information content (AvgIpc) is 3.18. The topological polar surface area (TPSA) is 96.0 Å². The van der Waals surface area contributed by atoms with Gasteiger partial charge in [0.1, 0.15) is 5.75 Å². The molecule has 0 spiro atoms. The summed E-state index contributed by atoms with van der Waals surface area (Å²) in [5, 5.41) is 2.80. The summed E-state index contributed by atoms with van der Waals surface area (Å²) in [7, 11) is -0.841. The molecule has 0 aromatic heterocycles. The number of likely N-dealkylation sites (tertiary alicyclic amines) is 1. The van der Waals surface area contributed by atoms with E-state index in [1.807, 2.05) is 0 Å². The van der Waals surface area contributed by atoms with Crippen molar-refractivity contribution in [3.8, 4) is 5.75 Å². The van der Waals surface area contributed by atoms with Crippen LogP contribution in [0.1, 0.15) is 28.8 Å². The fourth-order valence-electron chi connectivity index (χ4n) is 3.47. The molecule has 31 heavy (non-hydrogen) atoms. The lowest BCUT2D eigenvalue weighted by Gasteiger charge is -2.22. The molecule has 0 atom stereocenters. The first-order valence-corrected chi connectivity index (χ1v) is 11.5. The van der Waals surface area contributed by atoms with E-state index < -0.39 is 10.0 Å². The third kappa shape index (κ3) is 4.99. The van der Waals surface area contributed by atoms with Gasteiger partial charge in [-0.15, -0.1) is 0 Å². The first-order chi connectivity index (χ1) is 14.7. The normalized spacial score (nSPS) is 13.9. The van der Waals surface area contributed by atoms with Gasteiger partial charge in [0, 0.05) is 38.7 Å². The van der Waals surface area contributed by atoms with E-state index in [1.165, 1.54) is 30.6 Å². The van der Waals surface area contributed by atoms with Crippen LogP contribution in [0.2, 0.25) is 0 Å². The number of nitrogens with zero attached hydrogens (tertiary/aromatic N) is 2. The molecule has 2 amide bonds. The van der Waals surface area contributed by atoms with E-state index in [-0.39, 0.29) is 16.7 Å². The number of sulfonamides is 1. The SMILES string of the molecule is COc1ccc(S(=O)(=O)N(C)c2cc(C(=O)NCCN3CCCC3=O)ccc2C)cc1. The smallest absolute Gasteiger partial charge is 0.264 e. The summed E-state index contributed by atoms with van der Waals surface area (Å²) >= 11 is 0. The van der Waals surface area contributed by atoms with E-state index in [2.05, 4.69) is 5.32 Å². The first-order valence-electron chi connectivity index (χ1n) is 10.0. The zero-order valence-electron chi connectivity index (χ0n) is 17.9. The highest BCUT2D eigenvalue weighted by molar-refractivity contribution is 7.92. The van der Waals surface area contributed by atoms with Crippen molar-refractivity contribution >= 4 is 27.5 Å². The molecule has 2 aromatic rings. The van der Waals surface area contributed by atoms with Crippen molar-refractivity contribution in [2.24, 2.45) is 0 Å². The van der Waals surface area contributed by atoms with Crippen molar-refractivity contribution in [3.05, 3.63) is 53.6 Å². The summed E-state index contributed by atoms with van der Waals surface area (Å²) in [6.45, 7) is 3.32. The highest BCUT2D eigenvalue weighted by Crippen LogP contribution is 2.27. The maximum absolute atomic E-state index is 13.1. The second-order valence-corrected chi connectivity index (χ2v) is 9.36. The average molecular weight is 446 g/mol. The van der Waals surface area contributed by atoms with Crippen LogP contribution in [0, 0.1) is 6.92 Å². The number of methoxy groups -OCH3 is 1. The van der Waals surface area contributed by atoms with Crippen molar-refractivity contribution in [2.45, 2.75) is 24.7 Å². The van der Waals surface area contributed by atoms with Crippen LogP contribution in [0.25, 0.3) is 0 Å². The van der Waals surface area contributed by atoms with E-state index in [4.69, 9.17) is 4.74 Å². The zero-order valence-corrected chi connectivity index (χ0v) is 18.7. The number of anilines is 1. The van der Waals surface area contributed by atoms with E-state index in [0.29, 0.717) is 36.5 Å². The van der Waals surface area contributed by atoms with Gasteiger partial charge >= 0.3 is 0 Å². The number of carbonyl (C=O) groups is 2. The Morgan fingerprint density at radius 2 is 1.90 bits per heavy atom. The zero-order chi connectivity index (χ0) is 22.6. The van der Waals surface area contributed by atoms with Crippen molar-refractivity contribution in [1.29, 1.82) is 0 Å². The summed E-state index contributed by atoms with van der Waals surface area (Å²) < 4.78 is 32.4. The third-order valence-corrected chi connectivity index (χ3v) is 7.15. The number of aryl methyl sites for hydroxylation is 1. The summed E-state index contributed by atoms with van der Waals surface area (Å²) in [5.41, 5.74) is 1.49. The van der Waals surface area contributed by atoms with Gasteiger partial charge in [0.25, 0.3) is 15.9 Å². The fraction of sp³-hybridized carbons (Fsp3) is 0.364. The minimum Gasteiger partial charge on any atom is -0.497 e. The number of nitrogens with one attached hydrogen (secondary N) is 1. The molecule has 0 saturated carbocycles. The Balaban J connectivity index is 1.74. The lowest BCUT2D eigenvalue weighted by Crippen LogP contribution is -2.35. The standard InChI is InChI=1S/C22H27N3O5S/c1-16-6-7-17(22(27)23-12-14-25-13-4-5-21(25)26)15-20(16)24(2)31(28,29)19-10-8-18(30-3)9-11-19/h6-11,15H,4-5,12-14H2,1-3H3,(H,23,27). The van der Waals surface area contributed by atoms with Gasteiger partial charge in [0.05, 0.1) is 17.7 Å². The van der Waals surface area contributed by atoms with Gasteiger partial charge in [-0.3, -0.25) is 13.9 Å². The van der Waals surface area contributed by atoms with Crippen LogP contribution < -0.4 is 14.4 Å². The fourth-order valence-corrected chi connectivity index (χ4v) is 4.72. The largest absolute Gasteiger partial charge is 0.497 e. The van der Waals surface area contributed by atoms with Gasteiger partial charge in [0.15, 0.2) is 0 Å². The Morgan fingerprint density at radius 3 is 2.52 bits per heavy atom. The van der Waals surface area contributed by atoms with Crippen LogP contribution in [0.4, 0.5) is 5.69 Å². The molecule has 166 valence electrons. The number of hydrogen-bond donors (Lipinski definition) is 1. The van der Waals surface area contributed by atoms with Gasteiger partial charge in [-0.1, -0.05) is 6.07 Å². The Bertz CT molecular complexity index is 1070. The van der Waals surface area contributed by atoms with Crippen LogP contribution in [-0.2, 0) is 14.8 Å². The second kappa shape index (κ2) is 9.38. The third-order valence-electron chi connectivity index (χ3n) is 5.37. The highest BCUT2D eigenvalue weighted by Gasteiger charge is 2.24. The van der Waals surface area contributed by atoms with Crippen LogP contribution in [0.15, 0.2) is 47.4 Å². The molecule has 2 aromatic carbocycles. The molecule has 3 rings (SSSR count). The molecule has 9 heteroatoms. The second-order valence-electron chi connectivity index (χ2n) is 7.39. The Hall–Kier alpha value is -3.07. The molecule has 0 aliphatic carbocycles. The summed E-state index contributed by atoms with van der Waals surface area (Å²) in [5.74, 6) is 0.354. The van der Waals surface area contributed by atoms with E-state index in [9.17, 15) is 18.0 Å². The van der Waals surface area contributed by atoms with E-state index >= 15 is 0 Å². The summed E-state index contributed by atoms with van der Waals surface area (Å²) in [6, 6.07) is 11.1. The summed E-state index contributed by atoms with van der Waals surface area (Å²) in [4.78, 5) is 26.1. The monoisotopic (exact) mass is 445 g/mol. The predicted octanol–water partition coefficient (Wildman–Crippen LogP) is 2.18. The molecule has 1 heterocycles. The molecule has 8 nitrogen and oxygen atoms in total. The van der Waals surface area contributed by atoms with E-state index in [0.717, 1.165) is 18.5 Å². The van der Waals surface area contributed by atoms with Gasteiger partial charge in [-0.25, -0.2) is 8.42 Å². The molecule has 1 aliphatic heterocycles. The molecule has 0 unspecified atom stereocenters. The maximum atomic E-state index is 13.1. The van der Waals surface area contributed by atoms with Crippen LogP contribution >= 0.6 is 0 Å². The van der Waals surface area contributed by atoms with Crippen molar-refractivity contribution in [1.82, 2.24) is 10.2 Å². The van der Waals surface area contributed by atoms with Crippen LogP contribution in [0.5, 0.6) is 5.75 Å². The highest BCUT2D eigenvalue weighted by atomic mass is 32.2. The molecule has 1 N–H and O–H groups in total. The molecule has 0 bridgehead atoms. The minimum atomic E-state index is -3.81. The first kappa shape index (κ1) is 22.6. The maximum Gasteiger partial charge on any atom is 0.264 e. The van der Waals surface area contributed by atoms with Gasteiger partial charge in [0.2, 0.25) is 5.91 Å². The molecule has 1 saturated heterocycles. The van der Waals surface area contributed by atoms with Crippen molar-refractivity contribution < 1.29 is 22.7 Å². The Morgan fingerprint density at radius 1 is 1.19 bits per heavy atom. The summed E-state index contributed by atoms with van der Waals surface area (Å²) in [6.07, 6.45) is 1.41. The number of carbonyl (C=O) groups excluding carboxylic acids is 2. The van der Waals surface area contributed by atoms with E-state index in [1.54, 1.807) is 42.2 Å². The molecule has 1 aliphatic rings.